The van der Waals surface area contributed by atoms with Gasteiger partial charge in [0, 0.05) is 29.2 Å². The Bertz CT molecular complexity index is 1630. The number of rotatable bonds is 6. The highest BCUT2D eigenvalue weighted by Gasteiger charge is 2.31. The normalized spacial score (nSPS) is 14.9. The minimum atomic E-state index is -4.75. The standard InChI is InChI=1S/C30H27F3N6O2S/c1-19-5-4-6-20(2)26(19)38-15-16-42-29(38)36-28(40)35-21(3)17-22-7-9-23(10-8-22)27-34-18-39(37-27)24-11-13-25(14-12-24)41-30(31,32)33/h4-14,17-18H,15-16H2,1-3H3,(H,35,40)/b21-17+,36-29?. The highest BCUT2D eigenvalue weighted by molar-refractivity contribution is 8.14. The Kier molecular flexibility index (Phi) is 8.34. The first-order valence-corrected chi connectivity index (χ1v) is 14.0. The quantitative estimate of drug-likeness (QED) is 0.257. The highest BCUT2D eigenvalue weighted by atomic mass is 32.2. The predicted octanol–water partition coefficient (Wildman–Crippen LogP) is 7.13. The van der Waals surface area contributed by atoms with E-state index in [9.17, 15) is 18.0 Å². The SMILES string of the molecule is C/C(=C\c1ccc(-c2ncn(-c3ccc(OC(F)(F)F)cc3)n2)cc1)NC(=O)N=C1SCCN1c1c(C)cccc1C. The van der Waals surface area contributed by atoms with Gasteiger partial charge >= 0.3 is 12.4 Å². The van der Waals surface area contributed by atoms with Gasteiger partial charge in [-0.3, -0.25) is 0 Å². The molecule has 2 amide bonds. The average Bonchev–Trinajstić information content (AvgIpc) is 3.59. The summed E-state index contributed by atoms with van der Waals surface area (Å²) in [4.78, 5) is 23.5. The number of ether oxygens (including phenoxy) is 1. The van der Waals surface area contributed by atoms with Gasteiger partial charge in [-0.05, 0) is 67.8 Å². The van der Waals surface area contributed by atoms with Gasteiger partial charge in [-0.15, -0.1) is 18.3 Å². The van der Waals surface area contributed by atoms with E-state index in [4.69, 9.17) is 0 Å². The number of nitrogens with one attached hydrogen (secondary N) is 1. The molecule has 1 aliphatic heterocycles. The lowest BCUT2D eigenvalue weighted by molar-refractivity contribution is -0.274. The number of aromatic nitrogens is 3. The minimum absolute atomic E-state index is 0.314. The molecule has 1 N–H and O–H groups in total. The van der Waals surface area contributed by atoms with E-state index in [-0.39, 0.29) is 5.75 Å². The number of carbonyl (C=O) groups excluding carboxylic acids is 1. The zero-order chi connectivity index (χ0) is 29.9. The lowest BCUT2D eigenvalue weighted by atomic mass is 10.1. The first kappa shape index (κ1) is 28.9. The predicted molar refractivity (Wildman–Crippen MR) is 159 cm³/mol. The molecule has 1 aliphatic rings. The molecule has 8 nitrogen and oxygen atoms in total. The Morgan fingerprint density at radius 2 is 1.74 bits per heavy atom. The number of nitrogens with zero attached hydrogens (tertiary/aromatic N) is 5. The summed E-state index contributed by atoms with van der Waals surface area (Å²) in [5.74, 6) is 0.993. The summed E-state index contributed by atoms with van der Waals surface area (Å²) in [6.45, 7) is 6.70. The van der Waals surface area contributed by atoms with E-state index < -0.39 is 12.4 Å². The molecule has 2 heterocycles. The van der Waals surface area contributed by atoms with Gasteiger partial charge in [-0.1, -0.05) is 54.2 Å². The number of para-hydroxylation sites is 1. The number of hydrogen-bond acceptors (Lipinski definition) is 5. The second-order valence-electron chi connectivity index (χ2n) is 9.57. The van der Waals surface area contributed by atoms with Crippen LogP contribution in [-0.2, 0) is 0 Å². The zero-order valence-corrected chi connectivity index (χ0v) is 23.8. The molecule has 0 atom stereocenters. The van der Waals surface area contributed by atoms with Gasteiger partial charge in [0.1, 0.15) is 12.1 Å². The Labute approximate surface area is 244 Å². The summed E-state index contributed by atoms with van der Waals surface area (Å²) in [6.07, 6.45) is -1.43. The second kappa shape index (κ2) is 12.1. The van der Waals surface area contributed by atoms with Gasteiger partial charge in [0.15, 0.2) is 11.0 Å². The van der Waals surface area contributed by atoms with Crippen LogP contribution in [0.3, 0.4) is 0 Å². The molecule has 1 fully saturated rings. The smallest absolute Gasteiger partial charge is 0.406 e. The van der Waals surface area contributed by atoms with Crippen LogP contribution in [0.15, 0.2) is 83.7 Å². The molecule has 12 heteroatoms. The largest absolute Gasteiger partial charge is 0.573 e. The zero-order valence-electron chi connectivity index (χ0n) is 23.0. The van der Waals surface area contributed by atoms with Crippen LogP contribution < -0.4 is 15.0 Å². The van der Waals surface area contributed by atoms with E-state index in [1.54, 1.807) is 18.7 Å². The number of allylic oxidation sites excluding steroid dienone is 1. The van der Waals surface area contributed by atoms with Crippen molar-refractivity contribution in [2.75, 3.05) is 17.2 Å². The van der Waals surface area contributed by atoms with Gasteiger partial charge < -0.3 is 15.0 Å². The van der Waals surface area contributed by atoms with Crippen LogP contribution in [0.4, 0.5) is 23.7 Å². The van der Waals surface area contributed by atoms with E-state index >= 15 is 0 Å². The van der Waals surface area contributed by atoms with Crippen molar-refractivity contribution in [3.05, 3.63) is 95.4 Å². The monoisotopic (exact) mass is 592 g/mol. The van der Waals surface area contributed by atoms with Crippen molar-refractivity contribution in [2.45, 2.75) is 27.1 Å². The first-order chi connectivity index (χ1) is 20.1. The summed E-state index contributed by atoms with van der Waals surface area (Å²) in [6, 6.07) is 18.5. The molecule has 0 radical (unpaired) electrons. The summed E-state index contributed by atoms with van der Waals surface area (Å²) >= 11 is 1.56. The van der Waals surface area contributed by atoms with Crippen LogP contribution in [-0.4, -0.2) is 44.6 Å². The molecule has 0 saturated carbocycles. The lowest BCUT2D eigenvalue weighted by Gasteiger charge is -2.22. The molecule has 1 aromatic heterocycles. The third-order valence-corrected chi connectivity index (χ3v) is 7.32. The van der Waals surface area contributed by atoms with Crippen LogP contribution in [0.25, 0.3) is 23.2 Å². The fourth-order valence-electron chi connectivity index (χ4n) is 4.55. The maximum Gasteiger partial charge on any atom is 0.573 e. The van der Waals surface area contributed by atoms with Crippen molar-refractivity contribution in [1.29, 1.82) is 0 Å². The Morgan fingerprint density at radius 1 is 1.05 bits per heavy atom. The number of carbonyl (C=O) groups is 1. The fraction of sp³-hybridized carbons (Fsp3) is 0.200. The maximum atomic E-state index is 12.7. The Hall–Kier alpha value is -4.58. The van der Waals surface area contributed by atoms with Crippen molar-refractivity contribution in [2.24, 2.45) is 4.99 Å². The van der Waals surface area contributed by atoms with Crippen molar-refractivity contribution in [3.8, 4) is 22.8 Å². The third-order valence-electron chi connectivity index (χ3n) is 6.37. The van der Waals surface area contributed by atoms with Crippen LogP contribution in [0.5, 0.6) is 5.75 Å². The maximum absolute atomic E-state index is 12.7. The Balaban J connectivity index is 1.22. The number of alkyl halides is 3. The van der Waals surface area contributed by atoms with Crippen LogP contribution in [0.1, 0.15) is 23.6 Å². The number of benzene rings is 3. The number of amides is 2. The molecule has 4 aromatic rings. The van der Waals surface area contributed by atoms with Crippen molar-refractivity contribution >= 4 is 34.7 Å². The fourth-order valence-corrected chi connectivity index (χ4v) is 5.49. The molecular weight excluding hydrogens is 565 g/mol. The molecular formula is C30H27F3N6O2S. The van der Waals surface area contributed by atoms with E-state index in [1.165, 1.54) is 35.3 Å². The summed E-state index contributed by atoms with van der Waals surface area (Å²) in [7, 11) is 0. The lowest BCUT2D eigenvalue weighted by Crippen LogP contribution is -2.28. The number of aryl methyl sites for hydroxylation is 2. The van der Waals surface area contributed by atoms with Gasteiger partial charge in [0.25, 0.3) is 0 Å². The molecule has 0 bridgehead atoms. The number of halogens is 3. The van der Waals surface area contributed by atoms with E-state index in [0.717, 1.165) is 40.2 Å². The first-order valence-electron chi connectivity index (χ1n) is 13.0. The van der Waals surface area contributed by atoms with Gasteiger partial charge in [0.2, 0.25) is 0 Å². The van der Waals surface area contributed by atoms with Gasteiger partial charge in [-0.25, -0.2) is 14.5 Å². The van der Waals surface area contributed by atoms with E-state index in [2.05, 4.69) is 56.0 Å². The minimum Gasteiger partial charge on any atom is -0.406 e. The summed E-state index contributed by atoms with van der Waals surface area (Å²) in [5, 5.41) is 7.94. The molecule has 0 spiro atoms. The highest BCUT2D eigenvalue weighted by Crippen LogP contribution is 2.31. The number of amidine groups is 1. The number of aliphatic imine (C=N–C) groups is 1. The van der Waals surface area contributed by atoms with Gasteiger partial charge in [-0.2, -0.15) is 4.99 Å². The van der Waals surface area contributed by atoms with Crippen LogP contribution in [0.2, 0.25) is 0 Å². The number of anilines is 1. The molecule has 5 rings (SSSR count). The molecule has 1 saturated heterocycles. The van der Waals surface area contributed by atoms with Crippen molar-refractivity contribution < 1.29 is 22.7 Å². The molecule has 0 aliphatic carbocycles. The molecule has 42 heavy (non-hydrogen) atoms. The van der Waals surface area contributed by atoms with Crippen LogP contribution >= 0.6 is 11.8 Å². The van der Waals surface area contributed by atoms with E-state index in [0.29, 0.717) is 22.4 Å². The summed E-state index contributed by atoms with van der Waals surface area (Å²) < 4.78 is 42.5. The summed E-state index contributed by atoms with van der Waals surface area (Å²) in [5.41, 5.74) is 6.15. The Morgan fingerprint density at radius 3 is 2.40 bits per heavy atom. The van der Waals surface area contributed by atoms with Gasteiger partial charge in [0.05, 0.1) is 5.69 Å². The molecule has 3 aromatic carbocycles. The third kappa shape index (κ3) is 7.00. The topological polar surface area (TPSA) is 84.6 Å². The van der Waals surface area contributed by atoms with E-state index in [1.807, 2.05) is 36.4 Å². The second-order valence-corrected chi connectivity index (χ2v) is 10.6. The number of thioether (sulfide) groups is 1. The van der Waals surface area contributed by atoms with Crippen molar-refractivity contribution in [3.63, 3.8) is 0 Å². The molecule has 0 unspecified atom stereocenters. The number of hydrogen-bond donors (Lipinski definition) is 1. The molecule has 216 valence electrons. The number of urea groups is 1. The van der Waals surface area contributed by atoms with Crippen LogP contribution in [0, 0.1) is 13.8 Å². The van der Waals surface area contributed by atoms with Crippen molar-refractivity contribution in [1.82, 2.24) is 20.1 Å². The average molecular weight is 593 g/mol.